The summed E-state index contributed by atoms with van der Waals surface area (Å²) in [6, 6.07) is 11.4. The second-order valence-electron chi connectivity index (χ2n) is 6.46. The predicted octanol–water partition coefficient (Wildman–Crippen LogP) is 3.79. The molecule has 0 unspecified atom stereocenters. The van der Waals surface area contributed by atoms with Crippen molar-refractivity contribution in [3.05, 3.63) is 51.8 Å². The zero-order valence-corrected chi connectivity index (χ0v) is 16.9. The van der Waals surface area contributed by atoms with E-state index in [4.69, 9.17) is 9.40 Å². The van der Waals surface area contributed by atoms with Gasteiger partial charge in [0, 0.05) is 19.0 Å². The van der Waals surface area contributed by atoms with Crippen molar-refractivity contribution >= 4 is 49.3 Å². The minimum absolute atomic E-state index is 0.0248. The van der Waals surface area contributed by atoms with E-state index in [-0.39, 0.29) is 18.2 Å². The Kier molecular flexibility index (Phi) is 5.27. The molecule has 3 heterocycles. The third-order valence-electron chi connectivity index (χ3n) is 4.70. The number of carbonyl (C=O) groups excluding carboxylic acids is 2. The Balaban J connectivity index is 1.29. The van der Waals surface area contributed by atoms with Crippen LogP contribution >= 0.6 is 27.3 Å². The number of nitrogens with one attached hydrogen (secondary N) is 1. The Morgan fingerprint density at radius 3 is 2.70 bits per heavy atom. The molecule has 0 aliphatic carbocycles. The standard InChI is InChI=1S/C19H18BrN3O3S/c20-16-6-5-14(26-16)18(25)21-11-17(24)23-9-7-12(8-10-23)19-22-13-3-1-2-4-15(13)27-19/h1-6,12H,7-11H2,(H,21,25). The van der Waals surface area contributed by atoms with Crippen LogP contribution in [0.5, 0.6) is 0 Å². The van der Waals surface area contributed by atoms with Crippen LogP contribution in [-0.4, -0.2) is 41.3 Å². The Bertz CT molecular complexity index is 942. The first-order valence-electron chi connectivity index (χ1n) is 8.77. The summed E-state index contributed by atoms with van der Waals surface area (Å²) in [5.74, 6) is 0.112. The lowest BCUT2D eigenvalue weighted by molar-refractivity contribution is -0.131. The van der Waals surface area contributed by atoms with Gasteiger partial charge in [0.15, 0.2) is 10.4 Å². The summed E-state index contributed by atoms with van der Waals surface area (Å²) >= 11 is 4.89. The molecule has 1 aromatic carbocycles. The number of hydrogen-bond acceptors (Lipinski definition) is 5. The number of thiazole rings is 1. The lowest BCUT2D eigenvalue weighted by Crippen LogP contribution is -2.43. The van der Waals surface area contributed by atoms with E-state index in [1.807, 2.05) is 23.1 Å². The Morgan fingerprint density at radius 2 is 2.00 bits per heavy atom. The zero-order chi connectivity index (χ0) is 18.8. The van der Waals surface area contributed by atoms with Gasteiger partial charge in [-0.25, -0.2) is 4.98 Å². The highest BCUT2D eigenvalue weighted by Crippen LogP contribution is 2.33. The van der Waals surface area contributed by atoms with E-state index in [0.29, 0.717) is 23.7 Å². The van der Waals surface area contributed by atoms with E-state index < -0.39 is 5.91 Å². The van der Waals surface area contributed by atoms with E-state index in [2.05, 4.69) is 27.3 Å². The van der Waals surface area contributed by atoms with Crippen molar-refractivity contribution in [2.45, 2.75) is 18.8 Å². The molecule has 0 bridgehead atoms. The van der Waals surface area contributed by atoms with Crippen LogP contribution in [0.4, 0.5) is 0 Å². The van der Waals surface area contributed by atoms with Crippen molar-refractivity contribution in [2.24, 2.45) is 0 Å². The first-order valence-corrected chi connectivity index (χ1v) is 10.4. The number of fused-ring (bicyclic) bond motifs is 1. The summed E-state index contributed by atoms with van der Waals surface area (Å²) in [5.41, 5.74) is 1.04. The number of para-hydroxylation sites is 1. The topological polar surface area (TPSA) is 75.4 Å². The Hall–Kier alpha value is -2.19. The molecule has 1 N–H and O–H groups in total. The fraction of sp³-hybridized carbons (Fsp3) is 0.316. The third-order valence-corrected chi connectivity index (χ3v) is 6.33. The fourth-order valence-electron chi connectivity index (χ4n) is 3.23. The van der Waals surface area contributed by atoms with Gasteiger partial charge in [-0.1, -0.05) is 12.1 Å². The molecular weight excluding hydrogens is 430 g/mol. The van der Waals surface area contributed by atoms with Crippen molar-refractivity contribution in [3.8, 4) is 0 Å². The van der Waals surface area contributed by atoms with E-state index in [0.717, 1.165) is 23.4 Å². The fourth-order valence-corrected chi connectivity index (χ4v) is 4.67. The lowest BCUT2D eigenvalue weighted by atomic mass is 9.97. The molecule has 2 aromatic heterocycles. The number of likely N-dealkylation sites (tertiary alicyclic amines) is 1. The van der Waals surface area contributed by atoms with Crippen LogP contribution in [-0.2, 0) is 4.79 Å². The smallest absolute Gasteiger partial charge is 0.287 e. The number of rotatable bonds is 4. The highest BCUT2D eigenvalue weighted by Gasteiger charge is 2.26. The summed E-state index contributed by atoms with van der Waals surface area (Å²) in [6.45, 7) is 1.34. The molecule has 6 nitrogen and oxygen atoms in total. The van der Waals surface area contributed by atoms with Gasteiger partial charge in [-0.2, -0.15) is 0 Å². The first-order chi connectivity index (χ1) is 13.1. The summed E-state index contributed by atoms with van der Waals surface area (Å²) in [6.07, 6.45) is 1.79. The van der Waals surface area contributed by atoms with Crippen molar-refractivity contribution in [2.75, 3.05) is 19.6 Å². The minimum Gasteiger partial charge on any atom is -0.444 e. The second-order valence-corrected chi connectivity index (χ2v) is 8.31. The number of hydrogen-bond donors (Lipinski definition) is 1. The molecule has 0 atom stereocenters. The number of furan rings is 1. The largest absolute Gasteiger partial charge is 0.444 e. The van der Waals surface area contributed by atoms with Crippen LogP contribution in [0.3, 0.4) is 0 Å². The number of amides is 2. The van der Waals surface area contributed by atoms with Crippen LogP contribution in [0, 0.1) is 0 Å². The quantitative estimate of drug-likeness (QED) is 0.659. The summed E-state index contributed by atoms with van der Waals surface area (Å²) in [5, 5.41) is 3.77. The van der Waals surface area contributed by atoms with Crippen molar-refractivity contribution in [1.29, 1.82) is 0 Å². The third kappa shape index (κ3) is 4.06. The maximum absolute atomic E-state index is 12.4. The molecular formula is C19H18BrN3O3S. The number of aromatic nitrogens is 1. The molecule has 4 rings (SSSR count). The van der Waals surface area contributed by atoms with Crippen molar-refractivity contribution < 1.29 is 14.0 Å². The average Bonchev–Trinajstić information content (AvgIpc) is 3.32. The molecule has 0 spiro atoms. The van der Waals surface area contributed by atoms with Gasteiger partial charge in [0.05, 0.1) is 21.8 Å². The second kappa shape index (κ2) is 7.82. The van der Waals surface area contributed by atoms with Gasteiger partial charge < -0.3 is 14.6 Å². The molecule has 8 heteroatoms. The number of carbonyl (C=O) groups is 2. The SMILES string of the molecule is O=C(NCC(=O)N1CCC(c2nc3ccccc3s2)CC1)c1ccc(Br)o1. The Morgan fingerprint density at radius 1 is 1.22 bits per heavy atom. The maximum atomic E-state index is 12.4. The molecule has 1 saturated heterocycles. The number of benzene rings is 1. The summed E-state index contributed by atoms with van der Waals surface area (Å²) in [7, 11) is 0. The average molecular weight is 448 g/mol. The van der Waals surface area contributed by atoms with Crippen LogP contribution in [0.25, 0.3) is 10.2 Å². The van der Waals surface area contributed by atoms with Gasteiger partial charge >= 0.3 is 0 Å². The van der Waals surface area contributed by atoms with Crippen molar-refractivity contribution in [3.63, 3.8) is 0 Å². The molecule has 1 fully saturated rings. The maximum Gasteiger partial charge on any atom is 0.287 e. The lowest BCUT2D eigenvalue weighted by Gasteiger charge is -2.31. The van der Waals surface area contributed by atoms with Crippen LogP contribution < -0.4 is 5.32 Å². The van der Waals surface area contributed by atoms with Crippen LogP contribution in [0.15, 0.2) is 45.5 Å². The molecule has 1 aliphatic rings. The van der Waals surface area contributed by atoms with E-state index in [1.54, 1.807) is 23.5 Å². The minimum atomic E-state index is -0.390. The van der Waals surface area contributed by atoms with Gasteiger partial charge in [-0.15, -0.1) is 11.3 Å². The highest BCUT2D eigenvalue weighted by molar-refractivity contribution is 9.10. The van der Waals surface area contributed by atoms with E-state index in [9.17, 15) is 9.59 Å². The van der Waals surface area contributed by atoms with Crippen molar-refractivity contribution in [1.82, 2.24) is 15.2 Å². The summed E-state index contributed by atoms with van der Waals surface area (Å²) < 4.78 is 6.87. The number of halogens is 1. The number of nitrogens with zero attached hydrogens (tertiary/aromatic N) is 2. The molecule has 2 amide bonds. The van der Waals surface area contributed by atoms with E-state index >= 15 is 0 Å². The zero-order valence-electron chi connectivity index (χ0n) is 14.5. The molecule has 0 saturated carbocycles. The van der Waals surface area contributed by atoms with Gasteiger partial charge in [0.25, 0.3) is 5.91 Å². The van der Waals surface area contributed by atoms with Crippen LogP contribution in [0.2, 0.25) is 0 Å². The Labute approximate surface area is 168 Å². The van der Waals surface area contributed by atoms with E-state index in [1.165, 1.54) is 4.70 Å². The summed E-state index contributed by atoms with van der Waals surface area (Å²) in [4.78, 5) is 30.9. The molecule has 140 valence electrons. The van der Waals surface area contributed by atoms with Gasteiger partial charge in [-0.3, -0.25) is 9.59 Å². The van der Waals surface area contributed by atoms with Gasteiger partial charge in [0.2, 0.25) is 5.91 Å². The first kappa shape index (κ1) is 18.2. The predicted molar refractivity (Wildman–Crippen MR) is 107 cm³/mol. The molecule has 1 aliphatic heterocycles. The highest BCUT2D eigenvalue weighted by atomic mass is 79.9. The molecule has 0 radical (unpaired) electrons. The molecule has 3 aromatic rings. The van der Waals surface area contributed by atoms with Gasteiger partial charge in [0.1, 0.15) is 0 Å². The van der Waals surface area contributed by atoms with Gasteiger partial charge in [-0.05, 0) is 53.0 Å². The monoisotopic (exact) mass is 447 g/mol. The van der Waals surface area contributed by atoms with Crippen LogP contribution in [0.1, 0.15) is 34.3 Å². The molecule has 27 heavy (non-hydrogen) atoms. The normalized spacial score (nSPS) is 15.2. The number of piperidine rings is 1.